The quantitative estimate of drug-likeness (QED) is 0.620. The second kappa shape index (κ2) is 5.92. The Kier molecular flexibility index (Phi) is 4.80. The van der Waals surface area contributed by atoms with E-state index in [9.17, 15) is 18.5 Å². The molecule has 0 heterocycles. The summed E-state index contributed by atoms with van der Waals surface area (Å²) in [6, 6.07) is 5.24. The fourth-order valence-electron chi connectivity index (χ4n) is 1.52. The molecule has 0 aliphatic heterocycles. The van der Waals surface area contributed by atoms with Crippen molar-refractivity contribution in [1.29, 1.82) is 0 Å². The summed E-state index contributed by atoms with van der Waals surface area (Å²) >= 11 is 0. The van der Waals surface area contributed by atoms with Crippen LogP contribution in [0.2, 0.25) is 0 Å². The van der Waals surface area contributed by atoms with Crippen molar-refractivity contribution in [2.24, 2.45) is 5.73 Å². The maximum atomic E-state index is 11.8. The van der Waals surface area contributed by atoms with E-state index >= 15 is 0 Å². The van der Waals surface area contributed by atoms with Crippen LogP contribution in [0.4, 0.5) is 5.69 Å². The van der Waals surface area contributed by atoms with Gasteiger partial charge in [-0.1, -0.05) is 19.1 Å². The van der Waals surface area contributed by atoms with Crippen molar-refractivity contribution in [1.82, 2.24) is 0 Å². The smallest absolute Gasteiger partial charge is 0.269 e. The number of non-ortho nitro benzene ring substituents is 1. The number of nitro groups is 1. The molecule has 7 heteroatoms. The standard InChI is InChI=1S/C11H16N2O4S/c1-2-10(12)8-18(16,17)7-9-4-3-5-11(6-9)13(14)15/h3-6,10H,2,7-8,12H2,1H3. The number of nitrogens with two attached hydrogens (primary N) is 1. The summed E-state index contributed by atoms with van der Waals surface area (Å²) in [5, 5.41) is 10.6. The van der Waals surface area contributed by atoms with Crippen molar-refractivity contribution in [3.05, 3.63) is 39.9 Å². The lowest BCUT2D eigenvalue weighted by atomic mass is 10.2. The molecule has 1 aromatic rings. The summed E-state index contributed by atoms with van der Waals surface area (Å²) in [6.07, 6.45) is 0.578. The third-order valence-electron chi connectivity index (χ3n) is 2.50. The zero-order chi connectivity index (χ0) is 13.8. The van der Waals surface area contributed by atoms with Gasteiger partial charge >= 0.3 is 0 Å². The van der Waals surface area contributed by atoms with Gasteiger partial charge in [0.15, 0.2) is 9.84 Å². The fourth-order valence-corrected chi connectivity index (χ4v) is 3.21. The van der Waals surface area contributed by atoms with Gasteiger partial charge in [0.05, 0.1) is 16.4 Å². The molecule has 1 rings (SSSR count). The first kappa shape index (κ1) is 14.6. The Bertz CT molecular complexity index is 528. The molecule has 0 saturated carbocycles. The average molecular weight is 272 g/mol. The summed E-state index contributed by atoms with van der Waals surface area (Å²) in [5.41, 5.74) is 5.90. The summed E-state index contributed by atoms with van der Waals surface area (Å²) in [5.74, 6) is -0.325. The van der Waals surface area contributed by atoms with Gasteiger partial charge < -0.3 is 5.73 Å². The van der Waals surface area contributed by atoms with Crippen molar-refractivity contribution in [2.75, 3.05) is 5.75 Å². The molecular weight excluding hydrogens is 256 g/mol. The predicted molar refractivity (Wildman–Crippen MR) is 68.9 cm³/mol. The van der Waals surface area contributed by atoms with E-state index in [0.29, 0.717) is 12.0 Å². The summed E-state index contributed by atoms with van der Waals surface area (Å²) in [7, 11) is -3.34. The summed E-state index contributed by atoms with van der Waals surface area (Å²) in [6.45, 7) is 1.81. The number of rotatable bonds is 6. The van der Waals surface area contributed by atoms with Gasteiger partial charge in [-0.2, -0.15) is 0 Å². The van der Waals surface area contributed by atoms with Crippen LogP contribution < -0.4 is 5.73 Å². The molecule has 0 aliphatic carbocycles. The molecule has 0 radical (unpaired) electrons. The third kappa shape index (κ3) is 4.42. The largest absolute Gasteiger partial charge is 0.327 e. The highest BCUT2D eigenvalue weighted by atomic mass is 32.2. The molecular formula is C11H16N2O4S. The van der Waals surface area contributed by atoms with Crippen LogP contribution in [-0.2, 0) is 15.6 Å². The number of nitrogens with zero attached hydrogens (tertiary/aromatic N) is 1. The molecule has 1 unspecified atom stereocenters. The van der Waals surface area contributed by atoms with E-state index in [1.807, 2.05) is 6.92 Å². The molecule has 100 valence electrons. The Balaban J connectivity index is 2.84. The highest BCUT2D eigenvalue weighted by molar-refractivity contribution is 7.90. The molecule has 2 N–H and O–H groups in total. The van der Waals surface area contributed by atoms with Crippen LogP contribution in [0.1, 0.15) is 18.9 Å². The van der Waals surface area contributed by atoms with Gasteiger partial charge in [-0.05, 0) is 12.0 Å². The Hall–Kier alpha value is -1.47. The molecule has 0 aromatic heterocycles. The number of hydrogen-bond donors (Lipinski definition) is 1. The first-order valence-electron chi connectivity index (χ1n) is 5.53. The van der Waals surface area contributed by atoms with Crippen LogP contribution in [0.5, 0.6) is 0 Å². The maximum Gasteiger partial charge on any atom is 0.269 e. The second-order valence-corrected chi connectivity index (χ2v) is 6.26. The summed E-state index contributed by atoms with van der Waals surface area (Å²) < 4.78 is 23.6. The highest BCUT2D eigenvalue weighted by Crippen LogP contribution is 2.15. The van der Waals surface area contributed by atoms with E-state index in [1.54, 1.807) is 6.07 Å². The van der Waals surface area contributed by atoms with Crippen molar-refractivity contribution in [2.45, 2.75) is 25.1 Å². The van der Waals surface area contributed by atoms with Crippen molar-refractivity contribution >= 4 is 15.5 Å². The first-order valence-corrected chi connectivity index (χ1v) is 7.35. The lowest BCUT2D eigenvalue weighted by molar-refractivity contribution is -0.384. The molecule has 0 saturated heterocycles. The molecule has 0 spiro atoms. The molecule has 6 nitrogen and oxygen atoms in total. The average Bonchev–Trinajstić information content (AvgIpc) is 2.27. The minimum Gasteiger partial charge on any atom is -0.327 e. The predicted octanol–water partition coefficient (Wildman–Crippen LogP) is 1.25. The lowest BCUT2D eigenvalue weighted by Crippen LogP contribution is -2.29. The first-order chi connectivity index (χ1) is 8.34. The van der Waals surface area contributed by atoms with Crippen molar-refractivity contribution < 1.29 is 13.3 Å². The molecule has 0 fully saturated rings. The monoisotopic (exact) mass is 272 g/mol. The fraction of sp³-hybridized carbons (Fsp3) is 0.455. The Morgan fingerprint density at radius 1 is 1.44 bits per heavy atom. The normalized spacial score (nSPS) is 13.2. The Morgan fingerprint density at radius 3 is 2.67 bits per heavy atom. The van der Waals surface area contributed by atoms with Crippen LogP contribution in [-0.4, -0.2) is 25.1 Å². The minimum atomic E-state index is -3.34. The van der Waals surface area contributed by atoms with Gasteiger partial charge in [-0.3, -0.25) is 10.1 Å². The van der Waals surface area contributed by atoms with E-state index in [2.05, 4.69) is 0 Å². The van der Waals surface area contributed by atoms with E-state index in [0.717, 1.165) is 0 Å². The second-order valence-electron chi connectivity index (χ2n) is 4.15. The Labute approximate surface area is 106 Å². The Morgan fingerprint density at radius 2 is 2.11 bits per heavy atom. The van der Waals surface area contributed by atoms with Crippen LogP contribution >= 0.6 is 0 Å². The van der Waals surface area contributed by atoms with Crippen molar-refractivity contribution in [3.63, 3.8) is 0 Å². The van der Waals surface area contributed by atoms with Crippen LogP contribution in [0, 0.1) is 10.1 Å². The van der Waals surface area contributed by atoms with Gasteiger partial charge in [0.2, 0.25) is 0 Å². The van der Waals surface area contributed by atoms with Crippen LogP contribution in [0.3, 0.4) is 0 Å². The molecule has 0 bridgehead atoms. The molecule has 1 aromatic carbocycles. The zero-order valence-corrected chi connectivity index (χ0v) is 10.9. The topological polar surface area (TPSA) is 103 Å². The van der Waals surface area contributed by atoms with E-state index in [1.165, 1.54) is 18.2 Å². The van der Waals surface area contributed by atoms with Crippen LogP contribution in [0.25, 0.3) is 0 Å². The van der Waals surface area contributed by atoms with Gasteiger partial charge in [0.25, 0.3) is 5.69 Å². The van der Waals surface area contributed by atoms with Gasteiger partial charge in [-0.15, -0.1) is 0 Å². The van der Waals surface area contributed by atoms with E-state index in [-0.39, 0.29) is 17.2 Å². The minimum absolute atomic E-state index is 0.105. The lowest BCUT2D eigenvalue weighted by Gasteiger charge is -2.09. The summed E-state index contributed by atoms with van der Waals surface area (Å²) in [4.78, 5) is 10.0. The number of benzene rings is 1. The maximum absolute atomic E-state index is 11.8. The van der Waals surface area contributed by atoms with Gasteiger partial charge in [0, 0.05) is 18.2 Å². The molecule has 18 heavy (non-hydrogen) atoms. The molecule has 1 atom stereocenters. The highest BCUT2D eigenvalue weighted by Gasteiger charge is 2.17. The zero-order valence-electron chi connectivity index (χ0n) is 10.1. The van der Waals surface area contributed by atoms with Crippen molar-refractivity contribution in [3.8, 4) is 0 Å². The van der Waals surface area contributed by atoms with Gasteiger partial charge in [-0.25, -0.2) is 8.42 Å². The van der Waals surface area contributed by atoms with E-state index < -0.39 is 20.8 Å². The van der Waals surface area contributed by atoms with Crippen LogP contribution in [0.15, 0.2) is 24.3 Å². The van der Waals surface area contributed by atoms with E-state index in [4.69, 9.17) is 5.73 Å². The number of sulfone groups is 1. The SMILES string of the molecule is CCC(N)CS(=O)(=O)Cc1cccc([N+](=O)[O-])c1. The number of nitro benzene ring substituents is 1. The number of hydrogen-bond acceptors (Lipinski definition) is 5. The molecule has 0 amide bonds. The third-order valence-corrected chi connectivity index (χ3v) is 4.21. The molecule has 0 aliphatic rings. The van der Waals surface area contributed by atoms with Gasteiger partial charge in [0.1, 0.15) is 0 Å².